The van der Waals surface area contributed by atoms with Crippen LogP contribution in [0.3, 0.4) is 0 Å². The van der Waals surface area contributed by atoms with Gasteiger partial charge in [0.2, 0.25) is 0 Å². The van der Waals surface area contributed by atoms with Crippen molar-refractivity contribution < 1.29 is 4.74 Å². The maximum Gasteiger partial charge on any atom is 0.134 e. The van der Waals surface area contributed by atoms with Crippen LogP contribution in [0.15, 0.2) is 17.5 Å². The van der Waals surface area contributed by atoms with Crippen molar-refractivity contribution in [3.8, 4) is 9.88 Å². The molecular weight excluding hydrogens is 252 g/mol. The molecule has 2 aromatic heterocycles. The molecule has 0 aliphatic carbocycles. The minimum absolute atomic E-state index is 0.374. The second-order valence-electron chi connectivity index (χ2n) is 4.43. The van der Waals surface area contributed by atoms with E-state index in [0.717, 1.165) is 15.6 Å². The number of ether oxygens (including phenoxy) is 1. The highest BCUT2D eigenvalue weighted by Crippen LogP contribution is 2.35. The molecule has 17 heavy (non-hydrogen) atoms. The molecule has 0 atom stereocenters. The lowest BCUT2D eigenvalue weighted by molar-refractivity contribution is 0.180. The summed E-state index contributed by atoms with van der Waals surface area (Å²) in [5, 5.41) is 3.08. The quantitative estimate of drug-likeness (QED) is 0.926. The van der Waals surface area contributed by atoms with Crippen molar-refractivity contribution in [2.45, 2.75) is 26.0 Å². The van der Waals surface area contributed by atoms with Crippen molar-refractivity contribution >= 4 is 22.7 Å². The van der Waals surface area contributed by atoms with Crippen LogP contribution in [0.5, 0.6) is 0 Å². The van der Waals surface area contributed by atoms with Gasteiger partial charge in [0.1, 0.15) is 5.01 Å². The van der Waals surface area contributed by atoms with E-state index in [-0.39, 0.29) is 5.54 Å². The maximum atomic E-state index is 6.17. The number of rotatable bonds is 4. The topological polar surface area (TPSA) is 48.1 Å². The fourth-order valence-corrected chi connectivity index (χ4v) is 3.48. The van der Waals surface area contributed by atoms with Crippen LogP contribution in [0, 0.1) is 0 Å². The molecule has 0 unspecified atom stereocenters. The molecule has 5 heteroatoms. The number of thiophene rings is 1. The first-order chi connectivity index (χ1) is 8.02. The Morgan fingerprint density at radius 1 is 1.47 bits per heavy atom. The molecule has 0 aliphatic rings. The minimum atomic E-state index is -0.374. The van der Waals surface area contributed by atoms with Crippen molar-refractivity contribution in [1.29, 1.82) is 0 Å². The van der Waals surface area contributed by atoms with Crippen molar-refractivity contribution in [3.05, 3.63) is 28.1 Å². The van der Waals surface area contributed by atoms with Crippen LogP contribution in [-0.2, 0) is 16.9 Å². The molecule has 2 aromatic rings. The molecule has 0 aliphatic heterocycles. The summed E-state index contributed by atoms with van der Waals surface area (Å²) < 4.78 is 5.19. The lowest BCUT2D eigenvalue weighted by atomic mass is 10.0. The zero-order chi connectivity index (χ0) is 12.5. The molecule has 0 amide bonds. The van der Waals surface area contributed by atoms with Crippen LogP contribution in [0.1, 0.15) is 24.4 Å². The van der Waals surface area contributed by atoms with Crippen LogP contribution in [-0.4, -0.2) is 12.1 Å². The van der Waals surface area contributed by atoms with Gasteiger partial charge in [-0.15, -0.1) is 22.7 Å². The van der Waals surface area contributed by atoms with Gasteiger partial charge < -0.3 is 10.5 Å². The molecule has 3 nitrogen and oxygen atoms in total. The molecule has 2 heterocycles. The molecule has 0 radical (unpaired) electrons. The molecule has 2 N–H and O–H groups in total. The van der Waals surface area contributed by atoms with Gasteiger partial charge in [0.25, 0.3) is 0 Å². The van der Waals surface area contributed by atoms with Crippen LogP contribution < -0.4 is 5.73 Å². The largest absolute Gasteiger partial charge is 0.378 e. The van der Waals surface area contributed by atoms with Gasteiger partial charge in [-0.05, 0) is 25.3 Å². The fourth-order valence-electron chi connectivity index (χ4n) is 1.60. The first-order valence-electron chi connectivity index (χ1n) is 5.34. The summed E-state index contributed by atoms with van der Waals surface area (Å²) in [6.07, 6.45) is 0. The zero-order valence-electron chi connectivity index (χ0n) is 10.2. The molecule has 0 fully saturated rings. The summed E-state index contributed by atoms with van der Waals surface area (Å²) >= 11 is 3.35. The van der Waals surface area contributed by atoms with E-state index in [2.05, 4.69) is 16.4 Å². The van der Waals surface area contributed by atoms with E-state index < -0.39 is 0 Å². The smallest absolute Gasteiger partial charge is 0.134 e. The van der Waals surface area contributed by atoms with Gasteiger partial charge >= 0.3 is 0 Å². The molecule has 92 valence electrons. The van der Waals surface area contributed by atoms with E-state index >= 15 is 0 Å². The number of thiazole rings is 1. The van der Waals surface area contributed by atoms with Crippen LogP contribution in [0.2, 0.25) is 0 Å². The SMILES string of the molecule is COCc1nc(-c2cccs2)sc1C(C)(C)N. The molecule has 0 saturated carbocycles. The van der Waals surface area contributed by atoms with Crippen molar-refractivity contribution in [3.63, 3.8) is 0 Å². The summed E-state index contributed by atoms with van der Waals surface area (Å²) in [6, 6.07) is 4.11. The molecule has 0 spiro atoms. The molecule has 2 rings (SSSR count). The molecule has 0 bridgehead atoms. The summed E-state index contributed by atoms with van der Waals surface area (Å²) in [6.45, 7) is 4.51. The highest BCUT2D eigenvalue weighted by atomic mass is 32.1. The zero-order valence-corrected chi connectivity index (χ0v) is 11.8. The van der Waals surface area contributed by atoms with Gasteiger partial charge in [0.15, 0.2) is 0 Å². The second-order valence-corrected chi connectivity index (χ2v) is 6.37. The predicted molar refractivity (Wildman–Crippen MR) is 73.4 cm³/mol. The average molecular weight is 268 g/mol. The van der Waals surface area contributed by atoms with Crippen molar-refractivity contribution in [2.24, 2.45) is 5.73 Å². The number of hydrogen-bond donors (Lipinski definition) is 1. The summed E-state index contributed by atoms with van der Waals surface area (Å²) in [5.74, 6) is 0. The number of hydrogen-bond acceptors (Lipinski definition) is 5. The number of nitrogens with two attached hydrogens (primary N) is 1. The van der Waals surface area contributed by atoms with Gasteiger partial charge in [-0.2, -0.15) is 0 Å². The van der Waals surface area contributed by atoms with E-state index in [1.807, 2.05) is 19.9 Å². The standard InChI is InChI=1S/C12H16N2OS2/c1-12(2,13)10-8(7-15-3)14-11(17-10)9-5-4-6-16-9/h4-6H,7,13H2,1-3H3. The molecule has 0 aromatic carbocycles. The second kappa shape index (κ2) is 4.86. The van der Waals surface area contributed by atoms with Crippen molar-refractivity contribution in [2.75, 3.05) is 7.11 Å². The van der Waals surface area contributed by atoms with E-state index in [9.17, 15) is 0 Å². The number of aromatic nitrogens is 1. The fraction of sp³-hybridized carbons (Fsp3) is 0.417. The summed E-state index contributed by atoms with van der Waals surface area (Å²) in [4.78, 5) is 6.92. The highest BCUT2D eigenvalue weighted by molar-refractivity contribution is 7.21. The van der Waals surface area contributed by atoms with E-state index in [0.29, 0.717) is 6.61 Å². The van der Waals surface area contributed by atoms with Crippen LogP contribution >= 0.6 is 22.7 Å². The molecular formula is C12H16N2OS2. The Hall–Kier alpha value is -0.750. The Balaban J connectivity index is 2.45. The average Bonchev–Trinajstić information content (AvgIpc) is 2.82. The van der Waals surface area contributed by atoms with E-state index in [4.69, 9.17) is 10.5 Å². The lowest BCUT2D eigenvalue weighted by Crippen LogP contribution is -2.28. The molecule has 0 saturated heterocycles. The third-order valence-corrected chi connectivity index (χ3v) is 4.77. The normalized spacial score (nSPS) is 12.0. The summed E-state index contributed by atoms with van der Waals surface area (Å²) in [7, 11) is 1.68. The lowest BCUT2D eigenvalue weighted by Gasteiger charge is -2.17. The first kappa shape index (κ1) is 12.7. The van der Waals surface area contributed by atoms with E-state index in [1.54, 1.807) is 29.8 Å². The summed E-state index contributed by atoms with van der Waals surface area (Å²) in [5.41, 5.74) is 6.75. The van der Waals surface area contributed by atoms with Gasteiger partial charge in [-0.1, -0.05) is 6.07 Å². The van der Waals surface area contributed by atoms with Crippen LogP contribution in [0.25, 0.3) is 9.88 Å². The Kier molecular flexibility index (Phi) is 3.63. The number of methoxy groups -OCH3 is 1. The minimum Gasteiger partial charge on any atom is -0.378 e. The highest BCUT2D eigenvalue weighted by Gasteiger charge is 2.24. The maximum absolute atomic E-state index is 6.17. The number of nitrogens with zero attached hydrogens (tertiary/aromatic N) is 1. The Morgan fingerprint density at radius 2 is 2.24 bits per heavy atom. The third kappa shape index (κ3) is 2.74. The van der Waals surface area contributed by atoms with Crippen LogP contribution in [0.4, 0.5) is 0 Å². The first-order valence-corrected chi connectivity index (χ1v) is 7.04. The van der Waals surface area contributed by atoms with Gasteiger partial charge in [-0.3, -0.25) is 0 Å². The Morgan fingerprint density at radius 3 is 2.76 bits per heavy atom. The van der Waals surface area contributed by atoms with E-state index in [1.165, 1.54) is 4.88 Å². The monoisotopic (exact) mass is 268 g/mol. The predicted octanol–water partition coefficient (Wildman–Crippen LogP) is 3.21. The van der Waals surface area contributed by atoms with Gasteiger partial charge in [0, 0.05) is 17.5 Å². The van der Waals surface area contributed by atoms with Gasteiger partial charge in [-0.25, -0.2) is 4.98 Å². The Bertz CT molecular complexity index is 483. The van der Waals surface area contributed by atoms with Crippen molar-refractivity contribution in [1.82, 2.24) is 4.98 Å². The Labute approximate surface area is 109 Å². The third-order valence-electron chi connectivity index (χ3n) is 2.30. The van der Waals surface area contributed by atoms with Gasteiger partial charge in [0.05, 0.1) is 17.2 Å².